The smallest absolute Gasteiger partial charge is 0.410 e. The van der Waals surface area contributed by atoms with Crippen LogP contribution in [0.3, 0.4) is 0 Å². The van der Waals surface area contributed by atoms with E-state index in [0.717, 1.165) is 0 Å². The minimum Gasteiger partial charge on any atom is -0.508 e. The van der Waals surface area contributed by atoms with Gasteiger partial charge in [-0.3, -0.25) is 0 Å². The normalized spacial score (nSPS) is 22.4. The van der Waals surface area contributed by atoms with E-state index in [1.54, 1.807) is 18.2 Å². The Morgan fingerprint density at radius 3 is 2.67 bits per heavy atom. The van der Waals surface area contributed by atoms with Crippen LogP contribution >= 0.6 is 0 Å². The number of ether oxygens (including phenoxy) is 1. The van der Waals surface area contributed by atoms with Gasteiger partial charge in [-0.2, -0.15) is 0 Å². The molecule has 1 atom stereocenters. The molecule has 0 bridgehead atoms. The van der Waals surface area contributed by atoms with Crippen molar-refractivity contribution in [2.45, 2.75) is 44.8 Å². The van der Waals surface area contributed by atoms with Crippen LogP contribution in [0.5, 0.6) is 5.75 Å². The van der Waals surface area contributed by atoms with Gasteiger partial charge in [-0.25, -0.2) is 4.79 Å². The van der Waals surface area contributed by atoms with Crippen molar-refractivity contribution in [1.29, 1.82) is 0 Å². The van der Waals surface area contributed by atoms with Crippen LogP contribution in [-0.2, 0) is 11.2 Å². The molecule has 1 aromatic rings. The van der Waals surface area contributed by atoms with Crippen LogP contribution in [0.25, 0.3) is 0 Å². The Morgan fingerprint density at radius 2 is 2.05 bits per heavy atom. The number of aromatic hydroxyl groups is 1. The molecule has 1 saturated heterocycles. The average molecular weight is 293 g/mol. The van der Waals surface area contributed by atoms with Crippen LogP contribution in [0.2, 0.25) is 0 Å². The fourth-order valence-electron chi connectivity index (χ4n) is 2.50. The van der Waals surface area contributed by atoms with Gasteiger partial charge in [0.15, 0.2) is 0 Å². The third-order valence-corrected chi connectivity index (χ3v) is 3.50. The molecule has 1 aliphatic heterocycles. The van der Waals surface area contributed by atoms with Gasteiger partial charge in [0.05, 0.1) is 12.1 Å². The Kier molecular flexibility index (Phi) is 4.14. The zero-order chi connectivity index (χ0) is 15.7. The van der Waals surface area contributed by atoms with Crippen molar-refractivity contribution >= 4 is 6.09 Å². The predicted molar refractivity (Wildman–Crippen MR) is 79.2 cm³/mol. The van der Waals surface area contributed by atoms with E-state index in [4.69, 9.17) is 4.74 Å². The predicted octanol–water partition coefficient (Wildman–Crippen LogP) is 2.31. The minimum absolute atomic E-state index is 0.168. The van der Waals surface area contributed by atoms with Gasteiger partial charge >= 0.3 is 6.09 Å². The van der Waals surface area contributed by atoms with Gasteiger partial charge in [-0.1, -0.05) is 18.2 Å². The second-order valence-electron chi connectivity index (χ2n) is 6.68. The van der Waals surface area contributed by atoms with Crippen LogP contribution < -0.4 is 0 Å². The molecule has 1 fully saturated rings. The number of aliphatic hydroxyl groups is 1. The van der Waals surface area contributed by atoms with Crippen LogP contribution in [0.15, 0.2) is 24.3 Å². The van der Waals surface area contributed by atoms with Crippen molar-refractivity contribution in [2.75, 3.05) is 13.1 Å². The van der Waals surface area contributed by atoms with E-state index in [0.29, 0.717) is 24.9 Å². The lowest BCUT2D eigenvalue weighted by atomic mass is 9.93. The first-order chi connectivity index (χ1) is 9.69. The molecule has 5 heteroatoms. The molecule has 1 amide bonds. The van der Waals surface area contributed by atoms with Gasteiger partial charge < -0.3 is 19.8 Å². The summed E-state index contributed by atoms with van der Waals surface area (Å²) in [4.78, 5) is 13.5. The maximum absolute atomic E-state index is 12.0. The number of carbonyl (C=O) groups excluding carboxylic acids is 1. The van der Waals surface area contributed by atoms with E-state index < -0.39 is 17.3 Å². The molecule has 21 heavy (non-hydrogen) atoms. The molecule has 2 N–H and O–H groups in total. The third-order valence-electron chi connectivity index (χ3n) is 3.50. The summed E-state index contributed by atoms with van der Waals surface area (Å²) in [5, 5.41) is 20.4. The van der Waals surface area contributed by atoms with Crippen LogP contribution in [-0.4, -0.2) is 45.5 Å². The molecule has 5 nitrogen and oxygen atoms in total. The van der Waals surface area contributed by atoms with Crippen molar-refractivity contribution in [3.05, 3.63) is 29.8 Å². The molecule has 1 heterocycles. The zero-order valence-electron chi connectivity index (χ0n) is 12.8. The first-order valence-corrected chi connectivity index (χ1v) is 7.16. The van der Waals surface area contributed by atoms with E-state index in [1.165, 1.54) is 4.90 Å². The number of hydrogen-bond donors (Lipinski definition) is 2. The molecule has 1 unspecified atom stereocenters. The lowest BCUT2D eigenvalue weighted by Gasteiger charge is -2.26. The first-order valence-electron chi connectivity index (χ1n) is 7.16. The molecule has 0 aliphatic carbocycles. The monoisotopic (exact) mass is 293 g/mol. The van der Waals surface area contributed by atoms with Crippen LogP contribution in [0.4, 0.5) is 4.79 Å². The number of para-hydroxylation sites is 1. The van der Waals surface area contributed by atoms with Gasteiger partial charge in [-0.15, -0.1) is 0 Å². The summed E-state index contributed by atoms with van der Waals surface area (Å²) < 4.78 is 5.32. The zero-order valence-corrected chi connectivity index (χ0v) is 12.8. The molecular formula is C16H23NO4. The largest absolute Gasteiger partial charge is 0.508 e. The lowest BCUT2D eigenvalue weighted by Crippen LogP contribution is -2.40. The number of benzene rings is 1. The average Bonchev–Trinajstić information content (AvgIpc) is 2.73. The van der Waals surface area contributed by atoms with E-state index >= 15 is 0 Å². The second-order valence-corrected chi connectivity index (χ2v) is 6.68. The summed E-state index contributed by atoms with van der Waals surface area (Å²) in [5.41, 5.74) is -0.878. The Morgan fingerprint density at radius 1 is 1.38 bits per heavy atom. The number of amides is 1. The van der Waals surface area contributed by atoms with Crippen molar-refractivity contribution < 1.29 is 19.7 Å². The Hall–Kier alpha value is -1.75. The van der Waals surface area contributed by atoms with Gasteiger partial charge in [0.25, 0.3) is 0 Å². The van der Waals surface area contributed by atoms with Crippen molar-refractivity contribution in [3.63, 3.8) is 0 Å². The summed E-state index contributed by atoms with van der Waals surface area (Å²) in [7, 11) is 0. The number of hydrogen-bond acceptors (Lipinski definition) is 4. The SMILES string of the molecule is CC(C)(C)OC(=O)N1CCC(O)(Cc2ccccc2O)C1. The summed E-state index contributed by atoms with van der Waals surface area (Å²) >= 11 is 0. The fourth-order valence-corrected chi connectivity index (χ4v) is 2.50. The Balaban J connectivity index is 2.00. The van der Waals surface area contributed by atoms with Crippen LogP contribution in [0.1, 0.15) is 32.8 Å². The highest BCUT2D eigenvalue weighted by Gasteiger charge is 2.40. The quantitative estimate of drug-likeness (QED) is 0.878. The molecule has 116 valence electrons. The number of phenolic OH excluding ortho intramolecular Hbond substituents is 1. The van der Waals surface area contributed by atoms with E-state index in [2.05, 4.69) is 0 Å². The summed E-state index contributed by atoms with van der Waals surface area (Å²) in [6.07, 6.45) is 0.384. The molecule has 2 rings (SSSR count). The van der Waals surface area contributed by atoms with Gasteiger partial charge in [0.1, 0.15) is 11.4 Å². The Bertz CT molecular complexity index is 523. The fraction of sp³-hybridized carbons (Fsp3) is 0.562. The lowest BCUT2D eigenvalue weighted by molar-refractivity contribution is 0.0152. The van der Waals surface area contributed by atoms with Crippen molar-refractivity contribution in [1.82, 2.24) is 4.90 Å². The number of nitrogens with zero attached hydrogens (tertiary/aromatic N) is 1. The summed E-state index contributed by atoms with van der Waals surface area (Å²) in [6.45, 7) is 6.12. The second kappa shape index (κ2) is 5.56. The highest BCUT2D eigenvalue weighted by molar-refractivity contribution is 5.68. The molecular weight excluding hydrogens is 270 g/mol. The maximum atomic E-state index is 12.0. The minimum atomic E-state index is -1.02. The van der Waals surface area contributed by atoms with E-state index in [-0.39, 0.29) is 12.3 Å². The third kappa shape index (κ3) is 4.11. The highest BCUT2D eigenvalue weighted by Crippen LogP contribution is 2.29. The first kappa shape index (κ1) is 15.6. The maximum Gasteiger partial charge on any atom is 0.410 e. The highest BCUT2D eigenvalue weighted by atomic mass is 16.6. The van der Waals surface area contributed by atoms with E-state index in [1.807, 2.05) is 26.8 Å². The topological polar surface area (TPSA) is 70.0 Å². The van der Waals surface area contributed by atoms with E-state index in [9.17, 15) is 15.0 Å². The molecule has 0 aromatic heterocycles. The Labute approximate surface area is 125 Å². The number of rotatable bonds is 2. The van der Waals surface area contributed by atoms with Crippen LogP contribution in [0, 0.1) is 0 Å². The number of phenols is 1. The molecule has 1 aliphatic rings. The van der Waals surface area contributed by atoms with Gasteiger partial charge in [0.2, 0.25) is 0 Å². The van der Waals surface area contributed by atoms with Crippen molar-refractivity contribution in [2.24, 2.45) is 0 Å². The molecule has 1 aromatic carbocycles. The summed E-state index contributed by atoms with van der Waals surface area (Å²) in [5.74, 6) is 0.168. The molecule has 0 spiro atoms. The van der Waals surface area contributed by atoms with Crippen molar-refractivity contribution in [3.8, 4) is 5.75 Å². The van der Waals surface area contributed by atoms with Gasteiger partial charge in [-0.05, 0) is 38.8 Å². The number of β-amino-alcohol motifs (C(OH)–C–C–N with tert-alkyl or cyclic N) is 1. The molecule has 0 saturated carbocycles. The molecule has 0 radical (unpaired) electrons. The number of carbonyl (C=O) groups is 1. The standard InChI is InChI=1S/C16H23NO4/c1-15(2,3)21-14(19)17-9-8-16(20,11-17)10-12-6-4-5-7-13(12)18/h4-7,18,20H,8-11H2,1-3H3. The van der Waals surface area contributed by atoms with Gasteiger partial charge in [0, 0.05) is 13.0 Å². The summed E-state index contributed by atoms with van der Waals surface area (Å²) in [6, 6.07) is 6.94. The number of likely N-dealkylation sites (tertiary alicyclic amines) is 1.